The van der Waals surface area contributed by atoms with Crippen molar-refractivity contribution in [3.05, 3.63) is 46.5 Å². The lowest BCUT2D eigenvalue weighted by atomic mass is 9.77. The zero-order chi connectivity index (χ0) is 20.0. The van der Waals surface area contributed by atoms with Gasteiger partial charge in [0.25, 0.3) is 0 Å². The van der Waals surface area contributed by atoms with Gasteiger partial charge in [-0.25, -0.2) is 0 Å². The van der Waals surface area contributed by atoms with E-state index < -0.39 is 0 Å². The topological polar surface area (TPSA) is 37.3 Å². The molecule has 6 saturated carbocycles. The molecule has 1 N–H and O–H groups in total. The van der Waals surface area contributed by atoms with Gasteiger partial charge in [0.1, 0.15) is 0 Å². The summed E-state index contributed by atoms with van der Waals surface area (Å²) >= 11 is 0. The van der Waals surface area contributed by atoms with E-state index in [-0.39, 0.29) is 6.10 Å². The monoisotopic (exact) mass is 400 g/mol. The van der Waals surface area contributed by atoms with Crippen LogP contribution in [0.4, 0.5) is 0 Å². The highest BCUT2D eigenvalue weighted by atomic mass is 16.3. The normalized spacial score (nSPS) is 48.3. The van der Waals surface area contributed by atoms with Gasteiger partial charge in [-0.15, -0.1) is 0 Å². The first kappa shape index (κ1) is 18.0. The van der Waals surface area contributed by atoms with Crippen molar-refractivity contribution in [1.29, 1.82) is 0 Å². The summed E-state index contributed by atoms with van der Waals surface area (Å²) in [6.45, 7) is 0. The summed E-state index contributed by atoms with van der Waals surface area (Å²) in [5.41, 5.74) is 4.77. The van der Waals surface area contributed by atoms with Crippen molar-refractivity contribution in [2.24, 2.45) is 47.3 Å². The molecule has 30 heavy (non-hydrogen) atoms. The number of aliphatic hydroxyl groups excluding tert-OH is 1. The fraction of sp³-hybridized carbons (Fsp3) is 0.607. The van der Waals surface area contributed by atoms with Gasteiger partial charge in [0, 0.05) is 5.92 Å². The maximum Gasteiger partial charge on any atom is 0.162 e. The number of allylic oxidation sites excluding steroid dienone is 1. The SMILES string of the molecule is O=C1C(=Cc2ccc(C=C3C(O)C4CC3C3CCCC43)cc2)C2CC1C1CCCC21. The summed E-state index contributed by atoms with van der Waals surface area (Å²) in [6, 6.07) is 8.70. The molecule has 7 rings (SSSR count). The lowest BCUT2D eigenvalue weighted by molar-refractivity contribution is -0.120. The van der Waals surface area contributed by atoms with E-state index >= 15 is 0 Å². The van der Waals surface area contributed by atoms with E-state index in [4.69, 9.17) is 0 Å². The average Bonchev–Trinajstić information content (AvgIpc) is 3.53. The van der Waals surface area contributed by atoms with Crippen LogP contribution in [0.15, 0.2) is 35.4 Å². The Morgan fingerprint density at radius 1 is 0.700 bits per heavy atom. The van der Waals surface area contributed by atoms with E-state index in [9.17, 15) is 9.90 Å². The summed E-state index contributed by atoms with van der Waals surface area (Å²) < 4.78 is 0. The van der Waals surface area contributed by atoms with Gasteiger partial charge < -0.3 is 5.11 Å². The van der Waals surface area contributed by atoms with Crippen LogP contribution >= 0.6 is 0 Å². The molecule has 0 heterocycles. The van der Waals surface area contributed by atoms with Crippen LogP contribution in [0.25, 0.3) is 12.2 Å². The third kappa shape index (κ3) is 2.38. The second-order valence-corrected chi connectivity index (χ2v) is 11.2. The average molecular weight is 401 g/mol. The van der Waals surface area contributed by atoms with Crippen molar-refractivity contribution in [3.63, 3.8) is 0 Å². The highest BCUT2D eigenvalue weighted by Crippen LogP contribution is 2.61. The van der Waals surface area contributed by atoms with Crippen molar-refractivity contribution in [1.82, 2.24) is 0 Å². The van der Waals surface area contributed by atoms with Gasteiger partial charge in [0.15, 0.2) is 5.78 Å². The van der Waals surface area contributed by atoms with Crippen LogP contribution in [0, 0.1) is 47.3 Å². The lowest BCUT2D eigenvalue weighted by Gasteiger charge is -2.31. The summed E-state index contributed by atoms with van der Waals surface area (Å²) in [7, 11) is 0. The fourth-order valence-corrected chi connectivity index (χ4v) is 9.03. The molecule has 4 bridgehead atoms. The van der Waals surface area contributed by atoms with Crippen molar-refractivity contribution >= 4 is 17.9 Å². The minimum atomic E-state index is -0.220. The molecule has 6 aliphatic carbocycles. The number of ketones is 1. The van der Waals surface area contributed by atoms with Crippen LogP contribution in [0.3, 0.4) is 0 Å². The third-order valence-corrected chi connectivity index (χ3v) is 10.2. The van der Waals surface area contributed by atoms with Crippen molar-refractivity contribution in [3.8, 4) is 0 Å². The van der Waals surface area contributed by atoms with Gasteiger partial charge >= 0.3 is 0 Å². The molecule has 0 radical (unpaired) electrons. The van der Waals surface area contributed by atoms with E-state index in [0.29, 0.717) is 35.4 Å². The molecule has 1 aromatic rings. The summed E-state index contributed by atoms with van der Waals surface area (Å²) in [6.07, 6.45) is 14.5. The maximum absolute atomic E-state index is 12.9. The van der Waals surface area contributed by atoms with E-state index in [2.05, 4.69) is 36.4 Å². The second kappa shape index (κ2) is 6.42. The number of benzene rings is 1. The quantitative estimate of drug-likeness (QED) is 0.664. The van der Waals surface area contributed by atoms with Gasteiger partial charge in [-0.1, -0.05) is 43.2 Å². The van der Waals surface area contributed by atoms with Gasteiger partial charge in [0.05, 0.1) is 6.10 Å². The van der Waals surface area contributed by atoms with Crippen LogP contribution in [-0.2, 0) is 4.79 Å². The molecule has 156 valence electrons. The first-order valence-corrected chi connectivity index (χ1v) is 12.4. The van der Waals surface area contributed by atoms with E-state index in [0.717, 1.165) is 35.3 Å². The zero-order valence-electron chi connectivity index (χ0n) is 17.7. The molecule has 9 unspecified atom stereocenters. The van der Waals surface area contributed by atoms with Crippen LogP contribution < -0.4 is 0 Å². The van der Waals surface area contributed by atoms with E-state index in [1.165, 1.54) is 56.1 Å². The van der Waals surface area contributed by atoms with Crippen molar-refractivity contribution in [2.45, 2.75) is 57.5 Å². The summed E-state index contributed by atoms with van der Waals surface area (Å²) in [5, 5.41) is 10.9. The first-order chi connectivity index (χ1) is 14.7. The van der Waals surface area contributed by atoms with E-state index in [1.807, 2.05) is 0 Å². The number of hydrogen-bond acceptors (Lipinski definition) is 2. The second-order valence-electron chi connectivity index (χ2n) is 11.2. The van der Waals surface area contributed by atoms with Crippen LogP contribution in [0.1, 0.15) is 62.5 Å². The van der Waals surface area contributed by atoms with E-state index in [1.54, 1.807) is 0 Å². The van der Waals surface area contributed by atoms with Crippen molar-refractivity contribution in [2.75, 3.05) is 0 Å². The van der Waals surface area contributed by atoms with Crippen LogP contribution in [0.5, 0.6) is 0 Å². The number of hydrogen-bond donors (Lipinski definition) is 1. The Bertz CT molecular complexity index is 953. The zero-order valence-corrected chi connectivity index (χ0v) is 17.7. The number of Topliss-reactive ketones (excluding diaryl/α,β-unsaturated/α-hetero) is 1. The molecule has 1 aromatic carbocycles. The molecule has 9 atom stereocenters. The van der Waals surface area contributed by atoms with Crippen LogP contribution in [-0.4, -0.2) is 17.0 Å². The van der Waals surface area contributed by atoms with Gasteiger partial charge in [0.2, 0.25) is 0 Å². The van der Waals surface area contributed by atoms with Gasteiger partial charge in [-0.05, 0) is 108 Å². The minimum absolute atomic E-state index is 0.220. The summed E-state index contributed by atoms with van der Waals surface area (Å²) in [5.74, 6) is 5.53. The molecule has 0 aromatic heterocycles. The molecule has 0 aliphatic heterocycles. The molecule has 2 heteroatoms. The maximum atomic E-state index is 12.9. The molecule has 6 fully saturated rings. The van der Waals surface area contributed by atoms with Crippen molar-refractivity contribution < 1.29 is 9.90 Å². The Labute approximate surface area is 179 Å². The third-order valence-electron chi connectivity index (χ3n) is 10.2. The standard InChI is InChI=1S/C28H32O2/c29-27-23(21-13-25(27)19-5-1-3-17(19)21)11-15-7-9-16(10-8-15)12-24-22-14-26(28(24)30)20-6-2-4-18(20)22/h7-12,17-22,25-27,29H,1-6,13-14H2. The number of carbonyl (C=O) groups excluding carboxylic acids is 1. The highest BCUT2D eigenvalue weighted by molar-refractivity contribution is 6.05. The Morgan fingerprint density at radius 3 is 2.03 bits per heavy atom. The molecule has 0 spiro atoms. The predicted octanol–water partition coefficient (Wildman–Crippen LogP) is 5.52. The number of rotatable bonds is 2. The Hall–Kier alpha value is -1.67. The van der Waals surface area contributed by atoms with Gasteiger partial charge in [-0.2, -0.15) is 0 Å². The Morgan fingerprint density at radius 2 is 1.30 bits per heavy atom. The molecular formula is C28H32O2. The fourth-order valence-electron chi connectivity index (χ4n) is 9.03. The van der Waals surface area contributed by atoms with Crippen LogP contribution in [0.2, 0.25) is 0 Å². The molecule has 2 nitrogen and oxygen atoms in total. The highest BCUT2D eigenvalue weighted by Gasteiger charge is 2.57. The molecular weight excluding hydrogens is 368 g/mol. The largest absolute Gasteiger partial charge is 0.388 e. The predicted molar refractivity (Wildman–Crippen MR) is 118 cm³/mol. The summed E-state index contributed by atoms with van der Waals surface area (Å²) in [4.78, 5) is 12.9. The molecule has 6 aliphatic rings. The first-order valence-electron chi connectivity index (χ1n) is 12.4. The Kier molecular flexibility index (Phi) is 3.84. The number of fused-ring (bicyclic) bond motifs is 10. The minimum Gasteiger partial charge on any atom is -0.388 e. The Balaban J connectivity index is 1.13. The molecule has 0 saturated heterocycles. The smallest absolute Gasteiger partial charge is 0.162 e. The number of aliphatic hydroxyl groups is 1. The lowest BCUT2D eigenvalue weighted by Crippen LogP contribution is -2.30. The number of carbonyl (C=O) groups is 1. The van der Waals surface area contributed by atoms with Gasteiger partial charge in [-0.3, -0.25) is 4.79 Å². The molecule has 0 amide bonds.